The molecule has 6 nitrogen and oxygen atoms in total. The molecule has 0 aliphatic carbocycles. The van der Waals surface area contributed by atoms with E-state index in [1.807, 2.05) is 24.1 Å². The molecular formula is C13H19N3O3. The van der Waals surface area contributed by atoms with Gasteiger partial charge in [-0.2, -0.15) is 0 Å². The largest absolute Gasteiger partial charge is 0.480 e. The van der Waals surface area contributed by atoms with Crippen LogP contribution in [-0.4, -0.2) is 53.0 Å². The second-order valence-electron chi connectivity index (χ2n) is 4.47. The van der Waals surface area contributed by atoms with Crippen LogP contribution in [0.15, 0.2) is 24.5 Å². The van der Waals surface area contributed by atoms with Crippen LogP contribution in [0.1, 0.15) is 12.5 Å². The first-order valence-electron chi connectivity index (χ1n) is 6.08. The minimum atomic E-state index is -1.03. The van der Waals surface area contributed by atoms with E-state index < -0.39 is 12.0 Å². The Kier molecular flexibility index (Phi) is 5.95. The van der Waals surface area contributed by atoms with E-state index in [1.54, 1.807) is 12.4 Å². The Bertz CT molecular complexity index is 422. The molecule has 6 heteroatoms. The lowest BCUT2D eigenvalue weighted by molar-refractivity contribution is -0.141. The zero-order valence-corrected chi connectivity index (χ0v) is 11.2. The molecule has 0 saturated heterocycles. The van der Waals surface area contributed by atoms with Gasteiger partial charge in [-0.15, -0.1) is 0 Å². The summed E-state index contributed by atoms with van der Waals surface area (Å²) in [5.41, 5.74) is 1.15. The molecule has 1 heterocycles. The number of rotatable bonds is 7. The zero-order valence-electron chi connectivity index (χ0n) is 11.2. The molecule has 0 bridgehead atoms. The summed E-state index contributed by atoms with van der Waals surface area (Å²) in [6.07, 6.45) is 4.29. The molecule has 0 aliphatic rings. The third-order valence-electron chi connectivity index (χ3n) is 2.69. The van der Waals surface area contributed by atoms with Gasteiger partial charge < -0.3 is 10.4 Å². The van der Waals surface area contributed by atoms with E-state index in [1.165, 1.54) is 6.92 Å². The second kappa shape index (κ2) is 7.48. The highest BCUT2D eigenvalue weighted by atomic mass is 16.4. The number of carbonyl (C=O) groups is 2. The predicted octanol–water partition coefficient (Wildman–Crippen LogP) is 0.145. The molecule has 2 N–H and O–H groups in total. The molecule has 0 saturated carbocycles. The van der Waals surface area contributed by atoms with E-state index in [0.29, 0.717) is 0 Å². The molecular weight excluding hydrogens is 246 g/mol. The second-order valence-corrected chi connectivity index (χ2v) is 4.47. The number of nitrogens with one attached hydrogen (secondary N) is 1. The van der Waals surface area contributed by atoms with Crippen LogP contribution in [0.4, 0.5) is 0 Å². The topological polar surface area (TPSA) is 82.5 Å². The van der Waals surface area contributed by atoms with Gasteiger partial charge in [0, 0.05) is 18.9 Å². The molecule has 1 amide bonds. The normalized spacial score (nSPS) is 12.2. The molecule has 19 heavy (non-hydrogen) atoms. The number of hydrogen-bond acceptors (Lipinski definition) is 4. The van der Waals surface area contributed by atoms with Gasteiger partial charge in [-0.25, -0.2) is 0 Å². The summed E-state index contributed by atoms with van der Waals surface area (Å²) in [5.74, 6) is -1.32. The van der Waals surface area contributed by atoms with Gasteiger partial charge >= 0.3 is 5.97 Å². The van der Waals surface area contributed by atoms with Crippen LogP contribution in [0.5, 0.6) is 0 Å². The Morgan fingerprint density at radius 2 is 2.05 bits per heavy atom. The van der Waals surface area contributed by atoms with E-state index in [9.17, 15) is 9.59 Å². The number of aromatic nitrogens is 1. The lowest BCUT2D eigenvalue weighted by Crippen LogP contribution is -2.43. The van der Waals surface area contributed by atoms with Crippen LogP contribution >= 0.6 is 0 Å². The lowest BCUT2D eigenvalue weighted by atomic mass is 10.2. The van der Waals surface area contributed by atoms with E-state index in [-0.39, 0.29) is 12.5 Å². The van der Waals surface area contributed by atoms with Crippen LogP contribution < -0.4 is 5.32 Å². The summed E-state index contributed by atoms with van der Waals surface area (Å²) in [6.45, 7) is 2.35. The Morgan fingerprint density at radius 1 is 1.42 bits per heavy atom. The van der Waals surface area contributed by atoms with Gasteiger partial charge in [0.15, 0.2) is 0 Å². The summed E-state index contributed by atoms with van der Waals surface area (Å²) < 4.78 is 0. The molecule has 1 aromatic heterocycles. The summed E-state index contributed by atoms with van der Waals surface area (Å²) in [4.78, 5) is 27.9. The summed E-state index contributed by atoms with van der Waals surface area (Å²) in [7, 11) is 1.83. The molecule has 0 aromatic carbocycles. The standard InChI is InChI=1S/C13H19N3O3/c1-10(13(18)19)15-12(17)9-16(2)8-5-11-3-6-14-7-4-11/h3-4,6-7,10H,5,8-9H2,1-2H3,(H,15,17)(H,18,19). The number of carboxylic acid groups (broad SMARTS) is 1. The van der Waals surface area contributed by atoms with Crippen LogP contribution in [0.2, 0.25) is 0 Å². The Morgan fingerprint density at radius 3 is 2.63 bits per heavy atom. The first-order chi connectivity index (χ1) is 8.99. The fraction of sp³-hybridized carbons (Fsp3) is 0.462. The highest BCUT2D eigenvalue weighted by molar-refractivity contribution is 5.84. The maximum absolute atomic E-state index is 11.6. The summed E-state index contributed by atoms with van der Waals surface area (Å²) in [6, 6.07) is 3.00. The number of amides is 1. The van der Waals surface area contributed by atoms with Crippen LogP contribution in [0, 0.1) is 0 Å². The van der Waals surface area contributed by atoms with Crippen molar-refractivity contribution in [1.29, 1.82) is 0 Å². The van der Waals surface area contributed by atoms with Crippen molar-refractivity contribution in [2.45, 2.75) is 19.4 Å². The third-order valence-corrected chi connectivity index (χ3v) is 2.69. The Balaban J connectivity index is 2.29. The molecule has 1 rings (SSSR count). The molecule has 0 aliphatic heterocycles. The van der Waals surface area contributed by atoms with Crippen molar-refractivity contribution >= 4 is 11.9 Å². The highest BCUT2D eigenvalue weighted by Crippen LogP contribution is 1.98. The van der Waals surface area contributed by atoms with Crippen molar-refractivity contribution in [3.05, 3.63) is 30.1 Å². The maximum Gasteiger partial charge on any atom is 0.325 e. The van der Waals surface area contributed by atoms with Gasteiger partial charge in [0.25, 0.3) is 0 Å². The molecule has 0 spiro atoms. The Hall–Kier alpha value is -1.95. The lowest BCUT2D eigenvalue weighted by Gasteiger charge is -2.17. The molecule has 0 radical (unpaired) electrons. The number of nitrogens with zero attached hydrogens (tertiary/aromatic N) is 2. The summed E-state index contributed by atoms with van der Waals surface area (Å²) >= 11 is 0. The van der Waals surface area contributed by atoms with Crippen molar-refractivity contribution < 1.29 is 14.7 Å². The molecule has 1 aromatic rings. The van der Waals surface area contributed by atoms with Gasteiger partial charge in [-0.3, -0.25) is 19.5 Å². The quantitative estimate of drug-likeness (QED) is 0.733. The monoisotopic (exact) mass is 265 g/mol. The van der Waals surface area contributed by atoms with Crippen molar-refractivity contribution in [1.82, 2.24) is 15.2 Å². The molecule has 104 valence electrons. The first-order valence-corrected chi connectivity index (χ1v) is 6.08. The van der Waals surface area contributed by atoms with E-state index >= 15 is 0 Å². The SMILES string of the molecule is CC(NC(=O)CN(C)CCc1ccncc1)C(=O)O. The van der Waals surface area contributed by atoms with Gasteiger partial charge in [0.05, 0.1) is 6.54 Å². The number of hydrogen-bond donors (Lipinski definition) is 2. The van der Waals surface area contributed by atoms with Crippen molar-refractivity contribution in [2.24, 2.45) is 0 Å². The average molecular weight is 265 g/mol. The molecule has 1 atom stereocenters. The number of pyridine rings is 1. The van der Waals surface area contributed by atoms with Crippen molar-refractivity contribution in [3.63, 3.8) is 0 Å². The summed E-state index contributed by atoms with van der Waals surface area (Å²) in [5, 5.41) is 11.1. The average Bonchev–Trinajstić information content (AvgIpc) is 2.37. The molecule has 0 fully saturated rings. The van der Waals surface area contributed by atoms with E-state index in [2.05, 4.69) is 10.3 Å². The fourth-order valence-corrected chi connectivity index (χ4v) is 1.54. The van der Waals surface area contributed by atoms with Crippen molar-refractivity contribution in [2.75, 3.05) is 20.1 Å². The first kappa shape index (κ1) is 15.1. The number of likely N-dealkylation sites (N-methyl/N-ethyl adjacent to an activating group) is 1. The minimum Gasteiger partial charge on any atom is -0.480 e. The fourth-order valence-electron chi connectivity index (χ4n) is 1.54. The van der Waals surface area contributed by atoms with Gasteiger partial charge in [-0.05, 0) is 38.1 Å². The molecule has 1 unspecified atom stereocenters. The van der Waals surface area contributed by atoms with Crippen LogP contribution in [0.3, 0.4) is 0 Å². The van der Waals surface area contributed by atoms with Gasteiger partial charge in [-0.1, -0.05) is 0 Å². The highest BCUT2D eigenvalue weighted by Gasteiger charge is 2.14. The van der Waals surface area contributed by atoms with E-state index in [4.69, 9.17) is 5.11 Å². The zero-order chi connectivity index (χ0) is 14.3. The third kappa shape index (κ3) is 5.96. The minimum absolute atomic E-state index is 0.183. The maximum atomic E-state index is 11.6. The van der Waals surface area contributed by atoms with Crippen LogP contribution in [0.25, 0.3) is 0 Å². The smallest absolute Gasteiger partial charge is 0.325 e. The number of carbonyl (C=O) groups excluding carboxylic acids is 1. The van der Waals surface area contributed by atoms with Crippen molar-refractivity contribution in [3.8, 4) is 0 Å². The number of aliphatic carboxylic acids is 1. The van der Waals surface area contributed by atoms with Gasteiger partial charge in [0.1, 0.15) is 6.04 Å². The van der Waals surface area contributed by atoms with Crippen LogP contribution in [-0.2, 0) is 16.0 Å². The number of carboxylic acids is 1. The Labute approximate surface area is 112 Å². The van der Waals surface area contributed by atoms with Gasteiger partial charge in [0.2, 0.25) is 5.91 Å². The van der Waals surface area contributed by atoms with E-state index in [0.717, 1.165) is 18.5 Å². The predicted molar refractivity (Wildman–Crippen MR) is 70.7 cm³/mol.